The van der Waals surface area contributed by atoms with Gasteiger partial charge in [0.2, 0.25) is 5.91 Å². The first-order valence-corrected chi connectivity index (χ1v) is 6.90. The van der Waals surface area contributed by atoms with Crippen molar-refractivity contribution in [1.29, 1.82) is 0 Å². The molecule has 0 aliphatic carbocycles. The monoisotopic (exact) mass is 276 g/mol. The second-order valence-electron chi connectivity index (χ2n) is 2.95. The van der Waals surface area contributed by atoms with Crippen LogP contribution in [0.4, 0.5) is 0 Å². The summed E-state index contributed by atoms with van der Waals surface area (Å²) in [6.45, 7) is 0.407. The van der Waals surface area contributed by atoms with Crippen LogP contribution < -0.4 is 5.32 Å². The van der Waals surface area contributed by atoms with Gasteiger partial charge in [-0.3, -0.25) is 9.78 Å². The number of hydrogen-bond donors (Lipinski definition) is 2. The molecular weight excluding hydrogens is 264 g/mol. The highest BCUT2D eigenvalue weighted by Gasteiger charge is 2.14. The van der Waals surface area contributed by atoms with Gasteiger partial charge in [-0.2, -0.15) is 12.6 Å². The number of carbonyl (C=O) groups excluding carboxylic acids is 1. The molecule has 1 N–H and O–H groups in total. The Balaban J connectivity index is 2.29. The van der Waals surface area contributed by atoms with Crippen LogP contribution in [0.2, 0.25) is 0 Å². The van der Waals surface area contributed by atoms with Crippen LogP contribution in [0, 0.1) is 0 Å². The average Bonchev–Trinajstić information content (AvgIpc) is 2.34. The van der Waals surface area contributed by atoms with Crippen LogP contribution in [0.1, 0.15) is 5.69 Å². The SMILES string of the molecule is O=C(NCc1ccccn1)C(Cl)SCCS. The molecule has 3 nitrogen and oxygen atoms in total. The van der Waals surface area contributed by atoms with E-state index in [1.54, 1.807) is 6.20 Å². The Bertz CT molecular complexity index is 324. The Morgan fingerprint density at radius 2 is 2.44 bits per heavy atom. The summed E-state index contributed by atoms with van der Waals surface area (Å²) in [4.78, 5) is 15.6. The second-order valence-corrected chi connectivity index (χ2v) is 5.30. The van der Waals surface area contributed by atoms with Gasteiger partial charge < -0.3 is 5.32 Å². The van der Waals surface area contributed by atoms with Crippen molar-refractivity contribution in [2.45, 2.75) is 11.3 Å². The Hall–Kier alpha value is -0.390. The number of alkyl halides is 1. The van der Waals surface area contributed by atoms with Crippen LogP contribution in [0.3, 0.4) is 0 Å². The first-order chi connectivity index (χ1) is 7.74. The Morgan fingerprint density at radius 1 is 1.62 bits per heavy atom. The zero-order valence-corrected chi connectivity index (χ0v) is 11.1. The predicted molar refractivity (Wildman–Crippen MR) is 72.0 cm³/mol. The smallest absolute Gasteiger partial charge is 0.248 e. The number of thioether (sulfide) groups is 1. The number of carbonyl (C=O) groups is 1. The molecule has 1 aromatic heterocycles. The van der Waals surface area contributed by atoms with Gasteiger partial charge in [0.15, 0.2) is 4.71 Å². The molecule has 1 heterocycles. The van der Waals surface area contributed by atoms with Crippen molar-refractivity contribution in [3.8, 4) is 0 Å². The maximum atomic E-state index is 11.5. The number of amides is 1. The molecule has 1 aromatic rings. The van der Waals surface area contributed by atoms with Crippen molar-refractivity contribution in [3.05, 3.63) is 30.1 Å². The van der Waals surface area contributed by atoms with E-state index in [2.05, 4.69) is 22.9 Å². The van der Waals surface area contributed by atoms with E-state index in [9.17, 15) is 4.79 Å². The fourth-order valence-corrected chi connectivity index (χ4v) is 2.20. The summed E-state index contributed by atoms with van der Waals surface area (Å²) < 4.78 is -0.559. The zero-order chi connectivity index (χ0) is 11.8. The summed E-state index contributed by atoms with van der Waals surface area (Å²) in [7, 11) is 0. The van der Waals surface area contributed by atoms with E-state index in [-0.39, 0.29) is 5.91 Å². The van der Waals surface area contributed by atoms with E-state index < -0.39 is 4.71 Å². The van der Waals surface area contributed by atoms with Gasteiger partial charge in [0.25, 0.3) is 0 Å². The van der Waals surface area contributed by atoms with Crippen LogP contribution in [0.25, 0.3) is 0 Å². The van der Waals surface area contributed by atoms with E-state index in [1.165, 1.54) is 11.8 Å². The van der Waals surface area contributed by atoms with Gasteiger partial charge in [0.1, 0.15) is 0 Å². The third kappa shape index (κ3) is 5.09. The Labute approximate surface area is 110 Å². The van der Waals surface area contributed by atoms with Crippen molar-refractivity contribution in [3.63, 3.8) is 0 Å². The van der Waals surface area contributed by atoms with Gasteiger partial charge in [-0.15, -0.1) is 23.4 Å². The van der Waals surface area contributed by atoms with Gasteiger partial charge in [-0.25, -0.2) is 0 Å². The minimum absolute atomic E-state index is 0.181. The Morgan fingerprint density at radius 3 is 3.06 bits per heavy atom. The summed E-state index contributed by atoms with van der Waals surface area (Å²) in [6, 6.07) is 5.56. The van der Waals surface area contributed by atoms with Crippen molar-refractivity contribution in [1.82, 2.24) is 10.3 Å². The summed E-state index contributed by atoms with van der Waals surface area (Å²) in [5.41, 5.74) is 0.818. The molecule has 1 unspecified atom stereocenters. The number of hydrogen-bond acceptors (Lipinski definition) is 4. The zero-order valence-electron chi connectivity index (χ0n) is 8.60. The number of aromatic nitrogens is 1. The summed E-state index contributed by atoms with van der Waals surface area (Å²) >= 11 is 11.3. The first kappa shape index (κ1) is 13.7. The molecule has 0 bridgehead atoms. The van der Waals surface area contributed by atoms with Crippen LogP contribution in [-0.4, -0.2) is 27.1 Å². The number of pyridine rings is 1. The van der Waals surface area contributed by atoms with Crippen LogP contribution >= 0.6 is 36.0 Å². The minimum Gasteiger partial charge on any atom is -0.348 e. The molecule has 1 amide bonds. The molecule has 1 atom stereocenters. The molecule has 16 heavy (non-hydrogen) atoms. The number of halogens is 1. The topological polar surface area (TPSA) is 42.0 Å². The fourth-order valence-electron chi connectivity index (χ4n) is 0.992. The lowest BCUT2D eigenvalue weighted by Crippen LogP contribution is -2.29. The van der Waals surface area contributed by atoms with Crippen molar-refractivity contribution < 1.29 is 4.79 Å². The lowest BCUT2D eigenvalue weighted by atomic mass is 10.3. The van der Waals surface area contributed by atoms with Crippen LogP contribution in [-0.2, 0) is 11.3 Å². The Kier molecular flexibility index (Phi) is 6.68. The molecule has 0 saturated carbocycles. The average molecular weight is 277 g/mol. The van der Waals surface area contributed by atoms with Crippen LogP contribution in [0.5, 0.6) is 0 Å². The van der Waals surface area contributed by atoms with Crippen molar-refractivity contribution in [2.24, 2.45) is 0 Å². The predicted octanol–water partition coefficient (Wildman–Crippen LogP) is 1.93. The van der Waals surface area contributed by atoms with E-state index in [0.29, 0.717) is 12.3 Å². The van der Waals surface area contributed by atoms with Gasteiger partial charge >= 0.3 is 0 Å². The molecule has 0 spiro atoms. The molecular formula is C10H13ClN2OS2. The van der Waals surface area contributed by atoms with Gasteiger partial charge in [0.05, 0.1) is 12.2 Å². The normalized spacial score (nSPS) is 12.1. The summed E-state index contributed by atoms with van der Waals surface area (Å²) in [5.74, 6) is 1.29. The molecule has 6 heteroatoms. The summed E-state index contributed by atoms with van der Waals surface area (Å²) in [6.07, 6.45) is 1.69. The van der Waals surface area contributed by atoms with Crippen LogP contribution in [0.15, 0.2) is 24.4 Å². The van der Waals surface area contributed by atoms with Gasteiger partial charge in [0, 0.05) is 11.9 Å². The first-order valence-electron chi connectivity index (χ1n) is 4.78. The molecule has 1 rings (SSSR count). The molecule has 0 aromatic carbocycles. The number of nitrogens with one attached hydrogen (secondary N) is 1. The molecule has 0 saturated heterocycles. The van der Waals surface area contributed by atoms with Crippen molar-refractivity contribution in [2.75, 3.05) is 11.5 Å². The third-order valence-corrected chi connectivity index (χ3v) is 3.78. The molecule has 0 aliphatic heterocycles. The number of rotatable bonds is 6. The lowest BCUT2D eigenvalue weighted by Gasteiger charge is -2.09. The van der Waals surface area contributed by atoms with Crippen molar-refractivity contribution >= 4 is 41.9 Å². The highest BCUT2D eigenvalue weighted by atomic mass is 35.5. The van der Waals surface area contributed by atoms with Gasteiger partial charge in [-0.1, -0.05) is 6.07 Å². The fraction of sp³-hybridized carbons (Fsp3) is 0.400. The number of nitrogens with zero attached hydrogens (tertiary/aromatic N) is 1. The largest absolute Gasteiger partial charge is 0.348 e. The molecule has 0 radical (unpaired) electrons. The highest BCUT2D eigenvalue weighted by molar-refractivity contribution is 8.02. The summed E-state index contributed by atoms with van der Waals surface area (Å²) in [5, 5.41) is 2.73. The molecule has 0 aliphatic rings. The minimum atomic E-state index is -0.559. The molecule has 88 valence electrons. The van der Waals surface area contributed by atoms with E-state index in [1.807, 2.05) is 18.2 Å². The quantitative estimate of drug-likeness (QED) is 0.616. The standard InChI is InChI=1S/C10H13ClN2OS2/c11-9(16-6-5-15)10(14)13-7-8-3-1-2-4-12-8/h1-4,9,15H,5-7H2,(H,13,14). The highest BCUT2D eigenvalue weighted by Crippen LogP contribution is 2.15. The maximum absolute atomic E-state index is 11.5. The molecule has 0 fully saturated rings. The maximum Gasteiger partial charge on any atom is 0.248 e. The third-order valence-electron chi connectivity index (χ3n) is 1.73. The van der Waals surface area contributed by atoms with E-state index in [4.69, 9.17) is 11.6 Å². The van der Waals surface area contributed by atoms with Gasteiger partial charge in [-0.05, 0) is 17.9 Å². The number of thiol groups is 1. The van der Waals surface area contributed by atoms with E-state index >= 15 is 0 Å². The lowest BCUT2D eigenvalue weighted by molar-refractivity contribution is -0.119. The second kappa shape index (κ2) is 7.81. The van der Waals surface area contributed by atoms with E-state index in [0.717, 1.165) is 11.4 Å².